The Morgan fingerprint density at radius 2 is 1.82 bits per heavy atom. The van der Waals surface area contributed by atoms with Crippen LogP contribution in [0.5, 0.6) is 0 Å². The topological polar surface area (TPSA) is 52.6 Å². The summed E-state index contributed by atoms with van der Waals surface area (Å²) < 4.78 is 25.8. The number of rotatable bonds is 4. The van der Waals surface area contributed by atoms with Gasteiger partial charge in [0.15, 0.2) is 0 Å². The second kappa shape index (κ2) is 8.70. The molecule has 0 amide bonds. The molecule has 0 aromatic rings. The highest BCUT2D eigenvalue weighted by Crippen LogP contribution is 2.67. The first-order chi connectivity index (χ1) is 15.5. The van der Waals surface area contributed by atoms with E-state index in [9.17, 15) is 9.59 Å². The number of carbonyl (C=O) groups is 2. The average molecular weight is 459 g/mol. The molecule has 0 aromatic carbocycles. The Balaban J connectivity index is 1.70. The van der Waals surface area contributed by atoms with Crippen molar-refractivity contribution in [2.45, 2.75) is 86.5 Å². The van der Waals surface area contributed by atoms with E-state index in [-0.39, 0.29) is 29.3 Å². The smallest absolute Gasteiger partial charge is 0.367 e. The van der Waals surface area contributed by atoms with Crippen LogP contribution in [0, 0.1) is 34.5 Å². The molecule has 2 saturated carbocycles. The van der Waals surface area contributed by atoms with Gasteiger partial charge in [0.2, 0.25) is 5.83 Å². The Morgan fingerprint density at radius 3 is 2.45 bits per heavy atom. The summed E-state index contributed by atoms with van der Waals surface area (Å²) in [7, 11) is 0. The lowest BCUT2D eigenvalue weighted by Crippen LogP contribution is -2.49. The van der Waals surface area contributed by atoms with E-state index in [1.54, 1.807) is 6.92 Å². The zero-order valence-electron chi connectivity index (χ0n) is 21.1. The van der Waals surface area contributed by atoms with E-state index in [2.05, 4.69) is 33.8 Å². The summed E-state index contributed by atoms with van der Waals surface area (Å²) in [4.78, 5) is 23.9. The van der Waals surface area contributed by atoms with Gasteiger partial charge in [-0.1, -0.05) is 33.8 Å². The third kappa shape index (κ3) is 3.80. The Hall–Kier alpha value is -1.91. The average Bonchev–Trinajstić information content (AvgIpc) is 3.10. The molecule has 0 aromatic heterocycles. The number of carbonyl (C=O) groups excluding carboxylic acids is 2. The van der Waals surface area contributed by atoms with Crippen LogP contribution in [0.25, 0.3) is 0 Å². The van der Waals surface area contributed by atoms with Crippen LogP contribution in [0.4, 0.5) is 4.39 Å². The molecule has 0 saturated heterocycles. The van der Waals surface area contributed by atoms with Crippen LogP contribution < -0.4 is 0 Å². The van der Waals surface area contributed by atoms with E-state index < -0.39 is 11.8 Å². The van der Waals surface area contributed by atoms with E-state index >= 15 is 4.39 Å². The van der Waals surface area contributed by atoms with Crippen LogP contribution in [-0.2, 0) is 19.1 Å². The molecular weight excluding hydrogens is 419 g/mol. The standard InChI is InChI=1S/C28H39FO4/c1-7-32-26(31)25(29)22-11-10-19-18-8-9-21-24(16(2)3)23(33-17(4)30)13-15-27(21,5)20(18)12-14-28(19,22)6/h9,16,18-20H,7-8,10-15H2,1-6H3/t18-,19-,20-,27+,28-/m0/s1. The molecule has 0 spiro atoms. The van der Waals surface area contributed by atoms with Gasteiger partial charge in [-0.3, -0.25) is 4.79 Å². The van der Waals surface area contributed by atoms with Crippen molar-refractivity contribution in [3.05, 3.63) is 34.4 Å². The lowest BCUT2D eigenvalue weighted by atomic mass is 9.47. The third-order valence-corrected chi connectivity index (χ3v) is 9.28. The summed E-state index contributed by atoms with van der Waals surface area (Å²) in [5, 5.41) is 0. The van der Waals surface area contributed by atoms with Crippen LogP contribution >= 0.6 is 0 Å². The van der Waals surface area contributed by atoms with E-state index in [4.69, 9.17) is 9.47 Å². The minimum absolute atomic E-state index is 0.0413. The van der Waals surface area contributed by atoms with Gasteiger partial charge < -0.3 is 9.47 Å². The SMILES string of the molecule is CCOC(=O)C(F)=C1CC[C@H]2[C@@H]3CC=C4C(C(C)C)=C(OC(C)=O)CC[C@]4(C)[C@H]3CC[C@]12C. The molecule has 0 aliphatic heterocycles. The molecule has 0 bridgehead atoms. The first kappa shape index (κ1) is 24.2. The number of halogens is 1. The molecule has 0 radical (unpaired) electrons. The molecule has 4 nitrogen and oxygen atoms in total. The summed E-state index contributed by atoms with van der Waals surface area (Å²) in [6.07, 6.45) is 8.64. The van der Waals surface area contributed by atoms with Gasteiger partial charge in [-0.2, -0.15) is 4.39 Å². The third-order valence-electron chi connectivity index (χ3n) is 9.28. The predicted molar refractivity (Wildman–Crippen MR) is 125 cm³/mol. The fourth-order valence-corrected chi connectivity index (χ4v) is 7.89. The summed E-state index contributed by atoms with van der Waals surface area (Å²) in [6, 6.07) is 0. The number of hydrogen-bond acceptors (Lipinski definition) is 4. The van der Waals surface area contributed by atoms with Crippen molar-refractivity contribution < 1.29 is 23.5 Å². The van der Waals surface area contributed by atoms with Crippen LogP contribution in [-0.4, -0.2) is 18.5 Å². The van der Waals surface area contributed by atoms with Gasteiger partial charge in [0.05, 0.1) is 6.61 Å². The molecule has 4 aliphatic rings. The molecule has 0 N–H and O–H groups in total. The number of hydrogen-bond donors (Lipinski definition) is 0. The first-order valence-electron chi connectivity index (χ1n) is 12.7. The van der Waals surface area contributed by atoms with Crippen molar-refractivity contribution in [3.8, 4) is 0 Å². The summed E-state index contributed by atoms with van der Waals surface area (Å²) >= 11 is 0. The predicted octanol–water partition coefficient (Wildman–Crippen LogP) is 6.82. The fraction of sp³-hybridized carbons (Fsp3) is 0.714. The summed E-state index contributed by atoms with van der Waals surface area (Å²) in [6.45, 7) is 12.3. The largest absolute Gasteiger partial charge is 0.461 e. The Bertz CT molecular complexity index is 942. The van der Waals surface area contributed by atoms with Crippen molar-refractivity contribution in [2.24, 2.45) is 34.5 Å². The maximum atomic E-state index is 15.1. The van der Waals surface area contributed by atoms with Crippen molar-refractivity contribution in [1.82, 2.24) is 0 Å². The van der Waals surface area contributed by atoms with Gasteiger partial charge in [0.25, 0.3) is 0 Å². The lowest BCUT2D eigenvalue weighted by Gasteiger charge is -2.57. The molecule has 5 heteroatoms. The Labute approximate surface area is 197 Å². The Morgan fingerprint density at radius 1 is 1.12 bits per heavy atom. The first-order valence-corrected chi connectivity index (χ1v) is 12.7. The molecule has 4 aliphatic carbocycles. The number of allylic oxidation sites excluding steroid dienone is 5. The molecule has 33 heavy (non-hydrogen) atoms. The van der Waals surface area contributed by atoms with Crippen LogP contribution in [0.2, 0.25) is 0 Å². The van der Waals surface area contributed by atoms with Gasteiger partial charge >= 0.3 is 11.9 Å². The van der Waals surface area contributed by atoms with Gasteiger partial charge in [-0.15, -0.1) is 0 Å². The highest BCUT2D eigenvalue weighted by molar-refractivity contribution is 5.87. The second-order valence-electron chi connectivity index (χ2n) is 11.2. The Kier molecular flexibility index (Phi) is 6.39. The quantitative estimate of drug-likeness (QED) is 0.343. The molecule has 182 valence electrons. The lowest BCUT2D eigenvalue weighted by molar-refractivity contribution is -0.140. The van der Waals surface area contributed by atoms with E-state index in [1.807, 2.05) is 0 Å². The zero-order valence-corrected chi connectivity index (χ0v) is 21.1. The summed E-state index contributed by atoms with van der Waals surface area (Å²) in [5.74, 6) is 0.824. The van der Waals surface area contributed by atoms with Crippen molar-refractivity contribution in [2.75, 3.05) is 6.61 Å². The molecule has 4 rings (SSSR count). The maximum Gasteiger partial charge on any atom is 0.367 e. The molecular formula is C28H39FO4. The van der Waals surface area contributed by atoms with E-state index in [1.165, 1.54) is 18.1 Å². The van der Waals surface area contributed by atoms with E-state index in [0.29, 0.717) is 29.7 Å². The molecule has 2 fully saturated rings. The van der Waals surface area contributed by atoms with Gasteiger partial charge in [0.1, 0.15) is 5.76 Å². The molecule has 5 atom stereocenters. The maximum absolute atomic E-state index is 15.1. The van der Waals surface area contributed by atoms with Crippen LogP contribution in [0.15, 0.2) is 34.4 Å². The highest BCUT2D eigenvalue weighted by atomic mass is 19.1. The fourth-order valence-electron chi connectivity index (χ4n) is 7.89. The number of fused-ring (bicyclic) bond motifs is 5. The van der Waals surface area contributed by atoms with E-state index in [0.717, 1.165) is 44.3 Å². The van der Waals surface area contributed by atoms with Gasteiger partial charge in [0, 0.05) is 13.3 Å². The highest BCUT2D eigenvalue weighted by Gasteiger charge is 2.58. The second-order valence-corrected chi connectivity index (χ2v) is 11.2. The monoisotopic (exact) mass is 458 g/mol. The van der Waals surface area contributed by atoms with Crippen LogP contribution in [0.1, 0.15) is 86.5 Å². The zero-order chi connectivity index (χ0) is 24.1. The van der Waals surface area contributed by atoms with Gasteiger partial charge in [-0.05, 0) is 96.7 Å². The minimum Gasteiger partial charge on any atom is -0.461 e. The van der Waals surface area contributed by atoms with Gasteiger partial charge in [-0.25, -0.2) is 4.79 Å². The minimum atomic E-state index is -0.800. The number of ether oxygens (including phenoxy) is 2. The van der Waals surface area contributed by atoms with Crippen LogP contribution in [0.3, 0.4) is 0 Å². The van der Waals surface area contributed by atoms with Crippen molar-refractivity contribution >= 4 is 11.9 Å². The van der Waals surface area contributed by atoms with Crippen molar-refractivity contribution in [3.63, 3.8) is 0 Å². The number of esters is 2. The molecule has 0 unspecified atom stereocenters. The van der Waals surface area contributed by atoms with Crippen molar-refractivity contribution in [1.29, 1.82) is 0 Å². The normalized spacial score (nSPS) is 37.1. The summed E-state index contributed by atoms with van der Waals surface area (Å²) in [5.41, 5.74) is 3.04. The molecule has 0 heterocycles.